The number of ether oxygens (including phenoxy) is 7. The maximum absolute atomic E-state index is 11.9. The predicted octanol–water partition coefficient (Wildman–Crippen LogP) is 0.170. The molecule has 3 aliphatic heterocycles. The van der Waals surface area contributed by atoms with Gasteiger partial charge in [-0.05, 0) is 25.0 Å². The molecule has 226 valence electrons. The van der Waals surface area contributed by atoms with Crippen LogP contribution >= 0.6 is 0 Å². The topological polar surface area (TPSA) is 166 Å². The van der Waals surface area contributed by atoms with Gasteiger partial charge < -0.3 is 58.7 Å². The van der Waals surface area contributed by atoms with E-state index >= 15 is 0 Å². The summed E-state index contributed by atoms with van der Waals surface area (Å²) < 4.78 is 41.8. The quantitative estimate of drug-likeness (QED) is 0.230. The SMILES string of the molecule is CC1(C)OC2[C@H](O[C@H]([C@@H](O)CO)[C@]2(O)O[C@@H]2OC(CO)[C@@H](O)[C@@H](OCc3ccccc3)C2OCc2ccccc2)O1. The van der Waals surface area contributed by atoms with Crippen LogP contribution in [0.1, 0.15) is 25.0 Å². The highest BCUT2D eigenvalue weighted by Crippen LogP contribution is 2.46. The van der Waals surface area contributed by atoms with Gasteiger partial charge in [0.25, 0.3) is 0 Å². The molecule has 0 bridgehead atoms. The van der Waals surface area contributed by atoms with Crippen molar-refractivity contribution in [1.29, 1.82) is 0 Å². The molecular weight excluding hydrogens is 540 g/mol. The highest BCUT2D eigenvalue weighted by Gasteiger charge is 2.67. The zero-order valence-corrected chi connectivity index (χ0v) is 22.9. The number of rotatable bonds is 11. The van der Waals surface area contributed by atoms with E-state index < -0.39 is 80.1 Å². The lowest BCUT2D eigenvalue weighted by atomic mass is 9.97. The second kappa shape index (κ2) is 12.7. The lowest BCUT2D eigenvalue weighted by Crippen LogP contribution is -2.65. The molecule has 2 aromatic rings. The molecular formula is C29H38O12. The maximum Gasteiger partial charge on any atom is 0.229 e. The minimum absolute atomic E-state index is 0.0761. The number of benzene rings is 2. The van der Waals surface area contributed by atoms with Gasteiger partial charge in [-0.3, -0.25) is 0 Å². The van der Waals surface area contributed by atoms with Crippen LogP contribution in [0.5, 0.6) is 0 Å². The first kappa shape index (κ1) is 30.4. The molecule has 0 spiro atoms. The highest BCUT2D eigenvalue weighted by molar-refractivity contribution is 5.15. The summed E-state index contributed by atoms with van der Waals surface area (Å²) in [5.41, 5.74) is 1.65. The largest absolute Gasteiger partial charge is 0.394 e. The molecule has 0 aliphatic carbocycles. The molecule has 3 unspecified atom stereocenters. The number of hydrogen-bond donors (Lipinski definition) is 5. The third-order valence-electron chi connectivity index (χ3n) is 7.36. The van der Waals surface area contributed by atoms with Gasteiger partial charge in [0.2, 0.25) is 5.79 Å². The normalized spacial score (nSPS) is 37.1. The molecule has 10 atom stereocenters. The van der Waals surface area contributed by atoms with Crippen molar-refractivity contribution < 1.29 is 58.7 Å². The zero-order chi connectivity index (χ0) is 29.2. The van der Waals surface area contributed by atoms with E-state index in [2.05, 4.69) is 0 Å². The van der Waals surface area contributed by atoms with Gasteiger partial charge in [-0.2, -0.15) is 0 Å². The lowest BCUT2D eigenvalue weighted by molar-refractivity contribution is -0.399. The first-order valence-electron chi connectivity index (χ1n) is 13.6. The van der Waals surface area contributed by atoms with E-state index in [4.69, 9.17) is 33.2 Å². The average Bonchev–Trinajstić information content (AvgIpc) is 3.42. The van der Waals surface area contributed by atoms with Gasteiger partial charge in [-0.25, -0.2) is 0 Å². The molecule has 3 heterocycles. The minimum atomic E-state index is -2.40. The van der Waals surface area contributed by atoms with Gasteiger partial charge in [0.05, 0.1) is 26.4 Å². The van der Waals surface area contributed by atoms with Crippen molar-refractivity contribution in [2.75, 3.05) is 13.2 Å². The summed E-state index contributed by atoms with van der Waals surface area (Å²) in [6.07, 6.45) is -11.6. The Balaban J connectivity index is 1.46. The van der Waals surface area contributed by atoms with Gasteiger partial charge >= 0.3 is 0 Å². The van der Waals surface area contributed by atoms with Gasteiger partial charge in [0, 0.05) is 0 Å². The molecule has 0 saturated carbocycles. The summed E-state index contributed by atoms with van der Waals surface area (Å²) in [5.74, 6) is -3.55. The van der Waals surface area contributed by atoms with Crippen molar-refractivity contribution in [2.45, 2.75) is 93.9 Å². The van der Waals surface area contributed by atoms with E-state index in [1.54, 1.807) is 13.8 Å². The Morgan fingerprint density at radius 3 is 2.00 bits per heavy atom. The fraction of sp³-hybridized carbons (Fsp3) is 0.586. The van der Waals surface area contributed by atoms with Crippen molar-refractivity contribution in [1.82, 2.24) is 0 Å². The molecule has 5 N–H and O–H groups in total. The Labute approximate surface area is 237 Å². The molecule has 3 fully saturated rings. The Kier molecular flexibility index (Phi) is 9.40. The van der Waals surface area contributed by atoms with Crippen molar-refractivity contribution in [3.8, 4) is 0 Å². The van der Waals surface area contributed by atoms with E-state index in [1.807, 2.05) is 60.7 Å². The maximum atomic E-state index is 11.9. The Bertz CT molecular complexity index is 1100. The molecule has 41 heavy (non-hydrogen) atoms. The summed E-state index contributed by atoms with van der Waals surface area (Å²) in [5, 5.41) is 53.3. The average molecular weight is 579 g/mol. The van der Waals surface area contributed by atoms with Crippen LogP contribution in [0.15, 0.2) is 60.7 Å². The lowest BCUT2D eigenvalue weighted by Gasteiger charge is -2.46. The molecule has 0 amide bonds. The first-order chi connectivity index (χ1) is 19.6. The monoisotopic (exact) mass is 578 g/mol. The van der Waals surface area contributed by atoms with E-state index in [0.29, 0.717) is 0 Å². The van der Waals surface area contributed by atoms with Crippen LogP contribution < -0.4 is 0 Å². The zero-order valence-electron chi connectivity index (χ0n) is 22.9. The van der Waals surface area contributed by atoms with E-state index in [0.717, 1.165) is 11.1 Å². The highest BCUT2D eigenvalue weighted by atomic mass is 16.9. The molecule has 3 aliphatic rings. The summed E-state index contributed by atoms with van der Waals surface area (Å²) >= 11 is 0. The van der Waals surface area contributed by atoms with Crippen LogP contribution in [0.3, 0.4) is 0 Å². The molecule has 12 nitrogen and oxygen atoms in total. The van der Waals surface area contributed by atoms with E-state index in [1.165, 1.54) is 0 Å². The van der Waals surface area contributed by atoms with Crippen LogP contribution in [0.25, 0.3) is 0 Å². The molecule has 12 heteroatoms. The van der Waals surface area contributed by atoms with Crippen LogP contribution in [0, 0.1) is 0 Å². The van der Waals surface area contributed by atoms with Crippen LogP contribution in [-0.4, -0.2) is 106 Å². The summed E-state index contributed by atoms with van der Waals surface area (Å²) in [7, 11) is 0. The van der Waals surface area contributed by atoms with Gasteiger partial charge in [-0.1, -0.05) is 60.7 Å². The smallest absolute Gasteiger partial charge is 0.229 e. The second-order valence-electron chi connectivity index (χ2n) is 10.8. The van der Waals surface area contributed by atoms with Crippen LogP contribution in [0.4, 0.5) is 0 Å². The fourth-order valence-corrected chi connectivity index (χ4v) is 5.33. The first-order valence-corrected chi connectivity index (χ1v) is 13.6. The second-order valence-corrected chi connectivity index (χ2v) is 10.8. The predicted molar refractivity (Wildman–Crippen MR) is 140 cm³/mol. The summed E-state index contributed by atoms with van der Waals surface area (Å²) in [4.78, 5) is 0. The molecule has 5 rings (SSSR count). The Morgan fingerprint density at radius 2 is 1.44 bits per heavy atom. The van der Waals surface area contributed by atoms with Crippen molar-refractivity contribution in [2.24, 2.45) is 0 Å². The number of aliphatic hydroxyl groups is 5. The number of aliphatic hydroxyl groups excluding tert-OH is 4. The standard InChI is InChI=1S/C29H38O12/c1-28(2)39-25-27(40-28)38-24(19(32)13-30)29(25,34)41-26-23(36-16-18-11-7-4-8-12-18)22(21(33)20(14-31)37-26)35-15-17-9-5-3-6-10-17/h3-12,19-27,30-34H,13-16H2,1-2H3/t19-,20?,21+,22+,23?,24+,25?,26-,27+,29-/m0/s1. The third kappa shape index (κ3) is 6.49. The van der Waals surface area contributed by atoms with Gasteiger partial charge in [0.1, 0.15) is 36.6 Å². The van der Waals surface area contributed by atoms with E-state index in [-0.39, 0.29) is 13.2 Å². The molecule has 2 aromatic carbocycles. The molecule has 0 radical (unpaired) electrons. The van der Waals surface area contributed by atoms with Crippen LogP contribution in [0.2, 0.25) is 0 Å². The minimum Gasteiger partial charge on any atom is -0.394 e. The van der Waals surface area contributed by atoms with E-state index in [9.17, 15) is 25.5 Å². The Morgan fingerprint density at radius 1 is 0.854 bits per heavy atom. The van der Waals surface area contributed by atoms with Crippen LogP contribution in [-0.2, 0) is 46.4 Å². The summed E-state index contributed by atoms with van der Waals surface area (Å²) in [6, 6.07) is 18.6. The fourth-order valence-electron chi connectivity index (χ4n) is 5.33. The van der Waals surface area contributed by atoms with Gasteiger partial charge in [-0.15, -0.1) is 0 Å². The van der Waals surface area contributed by atoms with Crippen molar-refractivity contribution >= 4 is 0 Å². The van der Waals surface area contributed by atoms with Gasteiger partial charge in [0.15, 0.2) is 24.5 Å². The Hall–Kier alpha value is -2.04. The van der Waals surface area contributed by atoms with Crippen molar-refractivity contribution in [3.63, 3.8) is 0 Å². The molecule has 0 aromatic heterocycles. The van der Waals surface area contributed by atoms with Crippen molar-refractivity contribution in [3.05, 3.63) is 71.8 Å². The molecule has 3 saturated heterocycles. The number of hydrogen-bond acceptors (Lipinski definition) is 12. The third-order valence-corrected chi connectivity index (χ3v) is 7.36. The number of fused-ring (bicyclic) bond motifs is 1. The summed E-state index contributed by atoms with van der Waals surface area (Å²) in [6.45, 7) is 2.09.